The van der Waals surface area contributed by atoms with Crippen molar-refractivity contribution in [1.29, 1.82) is 0 Å². The second kappa shape index (κ2) is 8.77. The quantitative estimate of drug-likeness (QED) is 0.582. The maximum Gasteiger partial charge on any atom is 0.232 e. The molecular formula is C20H26N8S. The molecule has 2 heterocycles. The molecule has 3 N–H and O–H groups in total. The zero-order chi connectivity index (χ0) is 20.2. The molecule has 0 atom stereocenters. The van der Waals surface area contributed by atoms with Gasteiger partial charge in [0.15, 0.2) is 5.16 Å². The van der Waals surface area contributed by atoms with Crippen LogP contribution in [0, 0.1) is 13.8 Å². The van der Waals surface area contributed by atoms with E-state index >= 15 is 0 Å². The number of rotatable bonds is 6. The average Bonchev–Trinajstić information content (AvgIpc) is 3.09. The maximum absolute atomic E-state index is 5.93. The third kappa shape index (κ3) is 4.67. The van der Waals surface area contributed by atoms with Crippen LogP contribution in [0.2, 0.25) is 0 Å². The first kappa shape index (κ1) is 19.6. The van der Waals surface area contributed by atoms with Crippen molar-refractivity contribution in [2.75, 3.05) is 11.1 Å². The fraction of sp³-hybridized carbons (Fsp3) is 0.450. The van der Waals surface area contributed by atoms with Gasteiger partial charge in [0, 0.05) is 11.7 Å². The number of para-hydroxylation sites is 1. The number of hydrogen-bond acceptors (Lipinski definition) is 8. The number of hydrogen-bond donors (Lipinski definition) is 2. The van der Waals surface area contributed by atoms with E-state index in [4.69, 9.17) is 5.73 Å². The molecule has 1 aliphatic rings. The molecule has 4 rings (SSSR count). The molecule has 0 radical (unpaired) electrons. The van der Waals surface area contributed by atoms with Crippen molar-refractivity contribution >= 4 is 29.3 Å². The first-order valence-electron chi connectivity index (χ1n) is 9.97. The van der Waals surface area contributed by atoms with E-state index in [2.05, 4.69) is 35.0 Å². The number of nitrogens with two attached hydrogens (primary N) is 1. The van der Waals surface area contributed by atoms with Crippen LogP contribution in [0.5, 0.6) is 0 Å². The van der Waals surface area contributed by atoms with E-state index in [-0.39, 0.29) is 5.95 Å². The summed E-state index contributed by atoms with van der Waals surface area (Å²) in [5.41, 5.74) is 7.98. The molecular weight excluding hydrogens is 384 g/mol. The van der Waals surface area contributed by atoms with Gasteiger partial charge in [-0.2, -0.15) is 15.0 Å². The van der Waals surface area contributed by atoms with Crippen LogP contribution in [-0.4, -0.2) is 29.7 Å². The van der Waals surface area contributed by atoms with Crippen molar-refractivity contribution in [2.24, 2.45) is 0 Å². The highest BCUT2D eigenvalue weighted by Gasteiger charge is 2.21. The normalized spacial score (nSPS) is 14.8. The van der Waals surface area contributed by atoms with E-state index in [0.29, 0.717) is 23.6 Å². The fourth-order valence-corrected chi connectivity index (χ4v) is 4.64. The molecule has 0 spiro atoms. The monoisotopic (exact) mass is 410 g/mol. The van der Waals surface area contributed by atoms with Gasteiger partial charge in [-0.3, -0.25) is 0 Å². The lowest BCUT2D eigenvalue weighted by molar-refractivity contribution is 0.332. The highest BCUT2D eigenvalue weighted by atomic mass is 32.2. The van der Waals surface area contributed by atoms with Crippen LogP contribution in [0.1, 0.15) is 55.4 Å². The molecule has 152 valence electrons. The number of anilines is 3. The molecule has 0 unspecified atom stereocenters. The van der Waals surface area contributed by atoms with Crippen LogP contribution in [0.25, 0.3) is 0 Å². The minimum absolute atomic E-state index is 0.205. The van der Waals surface area contributed by atoms with Gasteiger partial charge >= 0.3 is 0 Å². The molecule has 2 aromatic heterocycles. The van der Waals surface area contributed by atoms with Crippen LogP contribution in [0.3, 0.4) is 0 Å². The van der Waals surface area contributed by atoms with Gasteiger partial charge in [0.2, 0.25) is 11.9 Å². The number of nitrogens with one attached hydrogen (secondary N) is 1. The Kier molecular flexibility index (Phi) is 5.94. The Morgan fingerprint density at radius 1 is 1.07 bits per heavy atom. The Hall–Kier alpha value is -2.68. The standard InChI is InChI=1S/C20H26N8S/c1-13-8-6-7-11-16(13)22-19-24-17(23-18(21)25-19)12-29-20-27-26-14(2)28(20)15-9-4-3-5-10-15/h6-8,11,15H,3-5,9-10,12H2,1-2H3,(H3,21,22,23,24,25). The van der Waals surface area contributed by atoms with Crippen molar-refractivity contribution in [1.82, 2.24) is 29.7 Å². The summed E-state index contributed by atoms with van der Waals surface area (Å²) in [6.07, 6.45) is 6.24. The van der Waals surface area contributed by atoms with E-state index < -0.39 is 0 Å². The largest absolute Gasteiger partial charge is 0.368 e. The lowest BCUT2D eigenvalue weighted by Crippen LogP contribution is -2.15. The summed E-state index contributed by atoms with van der Waals surface area (Å²) >= 11 is 1.59. The Balaban J connectivity index is 1.49. The Morgan fingerprint density at radius 2 is 1.86 bits per heavy atom. The molecule has 3 aromatic rings. The third-order valence-electron chi connectivity index (χ3n) is 5.20. The summed E-state index contributed by atoms with van der Waals surface area (Å²) in [6.45, 7) is 4.06. The number of aryl methyl sites for hydroxylation is 2. The first-order chi connectivity index (χ1) is 14.1. The number of aromatic nitrogens is 6. The maximum atomic E-state index is 5.93. The Morgan fingerprint density at radius 3 is 2.66 bits per heavy atom. The molecule has 29 heavy (non-hydrogen) atoms. The molecule has 1 fully saturated rings. The highest BCUT2D eigenvalue weighted by molar-refractivity contribution is 7.98. The van der Waals surface area contributed by atoms with Crippen LogP contribution in [-0.2, 0) is 5.75 Å². The van der Waals surface area contributed by atoms with Gasteiger partial charge in [-0.05, 0) is 38.3 Å². The van der Waals surface area contributed by atoms with Crippen LogP contribution < -0.4 is 11.1 Å². The van der Waals surface area contributed by atoms with Gasteiger partial charge < -0.3 is 15.6 Å². The number of nitrogen functional groups attached to an aromatic ring is 1. The van der Waals surface area contributed by atoms with E-state index in [1.54, 1.807) is 11.8 Å². The van der Waals surface area contributed by atoms with E-state index in [1.807, 2.05) is 38.1 Å². The van der Waals surface area contributed by atoms with Crippen LogP contribution in [0.4, 0.5) is 17.6 Å². The molecule has 0 amide bonds. The van der Waals surface area contributed by atoms with Crippen molar-refractivity contribution in [3.05, 3.63) is 41.5 Å². The van der Waals surface area contributed by atoms with E-state index in [0.717, 1.165) is 22.2 Å². The number of thioether (sulfide) groups is 1. The van der Waals surface area contributed by atoms with Crippen molar-refractivity contribution < 1.29 is 0 Å². The predicted octanol–water partition coefficient (Wildman–Crippen LogP) is 4.20. The average molecular weight is 411 g/mol. The summed E-state index contributed by atoms with van der Waals surface area (Å²) in [6, 6.07) is 8.47. The number of benzene rings is 1. The van der Waals surface area contributed by atoms with Gasteiger partial charge in [0.25, 0.3) is 0 Å². The van der Waals surface area contributed by atoms with Gasteiger partial charge in [-0.15, -0.1) is 10.2 Å². The lowest BCUT2D eigenvalue weighted by Gasteiger charge is -2.24. The molecule has 1 aliphatic carbocycles. The number of nitrogens with zero attached hydrogens (tertiary/aromatic N) is 6. The minimum atomic E-state index is 0.205. The molecule has 9 heteroatoms. The Bertz CT molecular complexity index is 980. The van der Waals surface area contributed by atoms with Gasteiger partial charge in [-0.1, -0.05) is 49.2 Å². The third-order valence-corrected chi connectivity index (χ3v) is 6.13. The van der Waals surface area contributed by atoms with Gasteiger partial charge in [0.1, 0.15) is 11.6 Å². The van der Waals surface area contributed by atoms with Crippen molar-refractivity contribution in [2.45, 2.75) is 62.9 Å². The second-order valence-electron chi connectivity index (χ2n) is 7.35. The van der Waals surface area contributed by atoms with Crippen molar-refractivity contribution in [3.63, 3.8) is 0 Å². The van der Waals surface area contributed by atoms with Gasteiger partial charge in [0.05, 0.1) is 5.75 Å². The highest BCUT2D eigenvalue weighted by Crippen LogP contribution is 2.33. The van der Waals surface area contributed by atoms with Crippen molar-refractivity contribution in [3.8, 4) is 0 Å². The predicted molar refractivity (Wildman–Crippen MR) is 115 cm³/mol. The molecule has 8 nitrogen and oxygen atoms in total. The Labute approximate surface area is 174 Å². The van der Waals surface area contributed by atoms with E-state index in [9.17, 15) is 0 Å². The molecule has 0 bridgehead atoms. The summed E-state index contributed by atoms with van der Waals surface area (Å²) in [7, 11) is 0. The fourth-order valence-electron chi connectivity index (χ4n) is 3.73. The smallest absolute Gasteiger partial charge is 0.232 e. The zero-order valence-electron chi connectivity index (χ0n) is 16.8. The minimum Gasteiger partial charge on any atom is -0.368 e. The van der Waals surface area contributed by atoms with Crippen LogP contribution in [0.15, 0.2) is 29.4 Å². The lowest BCUT2D eigenvalue weighted by atomic mass is 9.95. The molecule has 0 aliphatic heterocycles. The molecule has 1 saturated carbocycles. The zero-order valence-corrected chi connectivity index (χ0v) is 17.6. The SMILES string of the molecule is Cc1ccccc1Nc1nc(N)nc(CSc2nnc(C)n2C2CCCCC2)n1. The summed E-state index contributed by atoms with van der Waals surface area (Å²) in [5.74, 6) is 2.80. The van der Waals surface area contributed by atoms with Crippen LogP contribution >= 0.6 is 11.8 Å². The van der Waals surface area contributed by atoms with E-state index in [1.165, 1.54) is 32.1 Å². The summed E-state index contributed by atoms with van der Waals surface area (Å²) in [4.78, 5) is 13.1. The topological polar surface area (TPSA) is 107 Å². The second-order valence-corrected chi connectivity index (χ2v) is 8.30. The molecule has 1 aromatic carbocycles. The van der Waals surface area contributed by atoms with Gasteiger partial charge in [-0.25, -0.2) is 0 Å². The first-order valence-corrected chi connectivity index (χ1v) is 11.0. The molecule has 0 saturated heterocycles. The summed E-state index contributed by atoms with van der Waals surface area (Å²) < 4.78 is 2.28. The summed E-state index contributed by atoms with van der Waals surface area (Å²) in [5, 5.41) is 12.8.